The van der Waals surface area contributed by atoms with Crippen LogP contribution in [0.5, 0.6) is 0 Å². The van der Waals surface area contributed by atoms with Crippen molar-refractivity contribution in [1.82, 2.24) is 0 Å². The first-order valence-corrected chi connectivity index (χ1v) is 2.88. The minimum atomic E-state index is 0.697. The highest BCUT2D eigenvalue weighted by Crippen LogP contribution is 1.94. The van der Waals surface area contributed by atoms with Gasteiger partial charge in [0.1, 0.15) is 0 Å². The van der Waals surface area contributed by atoms with Crippen LogP contribution in [0.25, 0.3) is 0 Å². The summed E-state index contributed by atoms with van der Waals surface area (Å²) in [5.74, 6) is 0. The lowest BCUT2D eigenvalue weighted by Crippen LogP contribution is -1.89. The molecule has 2 heteroatoms. The van der Waals surface area contributed by atoms with Crippen molar-refractivity contribution in [1.29, 1.82) is 5.41 Å². The summed E-state index contributed by atoms with van der Waals surface area (Å²) in [4.78, 5) is 0. The zero-order valence-electron chi connectivity index (χ0n) is 5.59. The molecule has 0 saturated heterocycles. The fraction of sp³-hybridized carbons (Fsp3) is 0.286. The third-order valence-corrected chi connectivity index (χ3v) is 0.882. The lowest BCUT2D eigenvalue weighted by atomic mass is 10.2. The first-order chi connectivity index (χ1) is 4.39. The van der Waals surface area contributed by atoms with Gasteiger partial charge in [0, 0.05) is 12.1 Å². The highest BCUT2D eigenvalue weighted by atomic mass is 14.4. The van der Waals surface area contributed by atoms with E-state index in [0.29, 0.717) is 5.71 Å². The Balaban J connectivity index is 0.000000291. The van der Waals surface area contributed by atoms with Crippen LogP contribution < -0.4 is 5.73 Å². The van der Waals surface area contributed by atoms with Crippen molar-refractivity contribution in [3.05, 3.63) is 24.3 Å². The van der Waals surface area contributed by atoms with Crippen LogP contribution in [0, 0.1) is 5.41 Å². The monoisotopic (exact) mass is 124 g/mol. The predicted octanol–water partition coefficient (Wildman–Crippen LogP) is 1.10. The van der Waals surface area contributed by atoms with Gasteiger partial charge in [-0.15, -0.1) is 0 Å². The van der Waals surface area contributed by atoms with Crippen LogP contribution in [0.2, 0.25) is 0 Å². The molecule has 0 aromatic heterocycles. The molecule has 0 aliphatic heterocycles. The van der Waals surface area contributed by atoms with Gasteiger partial charge in [0.15, 0.2) is 0 Å². The van der Waals surface area contributed by atoms with Gasteiger partial charge in [-0.2, -0.15) is 0 Å². The second-order valence-corrected chi connectivity index (χ2v) is 1.52. The van der Waals surface area contributed by atoms with E-state index >= 15 is 0 Å². The zero-order chi connectivity index (χ0) is 7.11. The summed E-state index contributed by atoms with van der Waals surface area (Å²) in [6, 6.07) is 0. The minimum Gasteiger partial charge on any atom is -0.333 e. The van der Waals surface area contributed by atoms with E-state index in [-0.39, 0.29) is 0 Å². The van der Waals surface area contributed by atoms with Gasteiger partial charge in [-0.25, -0.2) is 0 Å². The molecule has 0 spiro atoms. The number of nitrogens with one attached hydrogen (secondary N) is 1. The lowest BCUT2D eigenvalue weighted by molar-refractivity contribution is 1.37. The summed E-state index contributed by atoms with van der Waals surface area (Å²) in [5, 5.41) is 7.05. The average molecular weight is 124 g/mol. The normalized spacial score (nSPS) is 14.7. The Bertz CT molecular complexity index is 134. The van der Waals surface area contributed by atoms with Crippen LogP contribution in [0.4, 0.5) is 0 Å². The Kier molecular flexibility index (Phi) is 4.73. The molecule has 1 rings (SSSR count). The Morgan fingerprint density at radius 3 is 2.33 bits per heavy atom. The second-order valence-electron chi connectivity index (χ2n) is 1.52. The van der Waals surface area contributed by atoms with Gasteiger partial charge < -0.3 is 11.1 Å². The van der Waals surface area contributed by atoms with E-state index in [1.807, 2.05) is 18.2 Å². The highest BCUT2D eigenvalue weighted by molar-refractivity contribution is 5.94. The minimum absolute atomic E-state index is 0.697. The molecule has 0 aromatic rings. The molecule has 0 fully saturated rings. The number of nitrogens with two attached hydrogens (primary N) is 1. The second kappa shape index (κ2) is 5.25. The Morgan fingerprint density at radius 1 is 1.44 bits per heavy atom. The van der Waals surface area contributed by atoms with E-state index in [0.717, 1.165) is 6.42 Å². The first-order valence-electron chi connectivity index (χ1n) is 2.88. The Labute approximate surface area is 55.6 Å². The van der Waals surface area contributed by atoms with Crippen LogP contribution in [0.3, 0.4) is 0 Å². The van der Waals surface area contributed by atoms with Gasteiger partial charge in [0.2, 0.25) is 0 Å². The first kappa shape index (κ1) is 8.11. The largest absolute Gasteiger partial charge is 0.333 e. The molecule has 1 aliphatic rings. The van der Waals surface area contributed by atoms with Crippen molar-refractivity contribution >= 4 is 5.71 Å². The molecule has 2 nitrogen and oxygen atoms in total. The molecule has 1 aliphatic carbocycles. The van der Waals surface area contributed by atoms with Crippen LogP contribution in [0.1, 0.15) is 6.42 Å². The Morgan fingerprint density at radius 2 is 2.11 bits per heavy atom. The molecular weight excluding hydrogens is 112 g/mol. The van der Waals surface area contributed by atoms with Gasteiger partial charge in [0.05, 0.1) is 0 Å². The SMILES string of the molecule is CN.N=C1C=CC=CC1. The fourth-order valence-electron chi connectivity index (χ4n) is 0.513. The number of hydrogen-bond acceptors (Lipinski definition) is 2. The maximum atomic E-state index is 7.05. The number of hydrogen-bond donors (Lipinski definition) is 2. The summed E-state index contributed by atoms with van der Waals surface area (Å²) < 4.78 is 0. The van der Waals surface area contributed by atoms with Crippen LogP contribution in [0.15, 0.2) is 24.3 Å². The summed E-state index contributed by atoms with van der Waals surface area (Å²) in [6.45, 7) is 0. The molecule has 0 aromatic carbocycles. The quantitative estimate of drug-likeness (QED) is 0.499. The Hall–Kier alpha value is -0.890. The van der Waals surface area contributed by atoms with Crippen molar-refractivity contribution in [2.45, 2.75) is 6.42 Å². The van der Waals surface area contributed by atoms with Gasteiger partial charge >= 0.3 is 0 Å². The van der Waals surface area contributed by atoms with E-state index in [4.69, 9.17) is 5.41 Å². The highest BCUT2D eigenvalue weighted by Gasteiger charge is 1.87. The summed E-state index contributed by atoms with van der Waals surface area (Å²) in [7, 11) is 1.50. The molecule has 0 saturated carbocycles. The lowest BCUT2D eigenvalue weighted by Gasteiger charge is -1.92. The summed E-state index contributed by atoms with van der Waals surface area (Å²) in [6.07, 6.45) is 8.42. The van der Waals surface area contributed by atoms with E-state index in [1.165, 1.54) is 7.05 Å². The van der Waals surface area contributed by atoms with Gasteiger partial charge in [-0.05, 0) is 13.1 Å². The third-order valence-electron chi connectivity index (χ3n) is 0.882. The molecule has 0 radical (unpaired) electrons. The molecule has 50 valence electrons. The van der Waals surface area contributed by atoms with Gasteiger partial charge in [-0.3, -0.25) is 0 Å². The van der Waals surface area contributed by atoms with E-state index in [2.05, 4.69) is 5.73 Å². The van der Waals surface area contributed by atoms with Crippen molar-refractivity contribution < 1.29 is 0 Å². The predicted molar refractivity (Wildman–Crippen MR) is 40.7 cm³/mol. The van der Waals surface area contributed by atoms with Crippen molar-refractivity contribution in [2.24, 2.45) is 5.73 Å². The fourth-order valence-corrected chi connectivity index (χ4v) is 0.513. The topological polar surface area (TPSA) is 49.9 Å². The van der Waals surface area contributed by atoms with Crippen molar-refractivity contribution in [3.8, 4) is 0 Å². The maximum Gasteiger partial charge on any atom is 0.0351 e. The molecule has 0 amide bonds. The molecule has 0 heterocycles. The standard InChI is InChI=1S/C6H7N.CH5N/c7-6-4-2-1-3-5-6;1-2/h1-4,7H,5H2;2H2,1H3. The van der Waals surface area contributed by atoms with Crippen LogP contribution in [-0.2, 0) is 0 Å². The molecule has 0 atom stereocenters. The number of allylic oxidation sites excluding steroid dienone is 4. The van der Waals surface area contributed by atoms with Crippen LogP contribution in [-0.4, -0.2) is 12.8 Å². The molecule has 3 N–H and O–H groups in total. The van der Waals surface area contributed by atoms with E-state index < -0.39 is 0 Å². The van der Waals surface area contributed by atoms with E-state index in [1.54, 1.807) is 6.08 Å². The average Bonchev–Trinajstić information content (AvgIpc) is 1.94. The molecule has 0 unspecified atom stereocenters. The third kappa shape index (κ3) is 3.67. The van der Waals surface area contributed by atoms with Crippen molar-refractivity contribution in [2.75, 3.05) is 7.05 Å². The zero-order valence-corrected chi connectivity index (χ0v) is 5.59. The molecule has 9 heavy (non-hydrogen) atoms. The van der Waals surface area contributed by atoms with Crippen molar-refractivity contribution in [3.63, 3.8) is 0 Å². The smallest absolute Gasteiger partial charge is 0.0351 e. The van der Waals surface area contributed by atoms with Gasteiger partial charge in [0.25, 0.3) is 0 Å². The number of rotatable bonds is 0. The van der Waals surface area contributed by atoms with Gasteiger partial charge in [-0.1, -0.05) is 18.2 Å². The van der Waals surface area contributed by atoms with Crippen LogP contribution >= 0.6 is 0 Å². The molecular formula is C7H12N2. The summed E-state index contributed by atoms with van der Waals surface area (Å²) in [5.41, 5.74) is 5.20. The molecule has 0 bridgehead atoms. The summed E-state index contributed by atoms with van der Waals surface area (Å²) >= 11 is 0. The maximum absolute atomic E-state index is 7.05. The van der Waals surface area contributed by atoms with E-state index in [9.17, 15) is 0 Å².